The second-order valence-corrected chi connectivity index (χ2v) is 5.31. The summed E-state index contributed by atoms with van der Waals surface area (Å²) in [5, 5.41) is 15.1. The maximum absolute atomic E-state index is 12.0. The number of aliphatic hydroxyl groups is 1. The first-order valence-electron chi connectivity index (χ1n) is 7.16. The average molecular weight is 319 g/mol. The van der Waals surface area contributed by atoms with Crippen molar-refractivity contribution in [2.24, 2.45) is 0 Å². The van der Waals surface area contributed by atoms with Gasteiger partial charge in [-0.2, -0.15) is 0 Å². The van der Waals surface area contributed by atoms with Gasteiger partial charge in [-0.3, -0.25) is 0 Å². The second kappa shape index (κ2) is 8.41. The van der Waals surface area contributed by atoms with Gasteiger partial charge < -0.3 is 15.7 Å². The standard InChI is InChI=1S/C17H19ClN2O2/c18-15-9-4-8-14(12-15)16(13-6-2-1-3-7-13)20-17(22)19-10-5-11-21/h1-4,6-9,12,16,21H,5,10-11H2,(H2,19,20,22). The SMILES string of the molecule is O=C(NCCCO)NC(c1ccccc1)c1cccc(Cl)c1. The van der Waals surface area contributed by atoms with Crippen molar-refractivity contribution in [3.8, 4) is 0 Å². The van der Waals surface area contributed by atoms with Gasteiger partial charge in [0.2, 0.25) is 0 Å². The molecule has 0 aliphatic rings. The molecule has 5 heteroatoms. The molecule has 0 bridgehead atoms. The number of halogens is 1. The Morgan fingerprint density at radius 2 is 1.82 bits per heavy atom. The van der Waals surface area contributed by atoms with Crippen LogP contribution in [0.15, 0.2) is 54.6 Å². The zero-order valence-electron chi connectivity index (χ0n) is 12.1. The van der Waals surface area contributed by atoms with Crippen LogP contribution in [0.4, 0.5) is 4.79 Å². The predicted octanol–water partition coefficient (Wildman–Crippen LogP) is 3.11. The number of carbonyl (C=O) groups excluding carboxylic acids is 1. The van der Waals surface area contributed by atoms with E-state index in [-0.39, 0.29) is 18.7 Å². The van der Waals surface area contributed by atoms with Gasteiger partial charge >= 0.3 is 6.03 Å². The number of aliphatic hydroxyl groups excluding tert-OH is 1. The summed E-state index contributed by atoms with van der Waals surface area (Å²) < 4.78 is 0. The largest absolute Gasteiger partial charge is 0.396 e. The van der Waals surface area contributed by atoms with E-state index >= 15 is 0 Å². The van der Waals surface area contributed by atoms with Gasteiger partial charge in [-0.25, -0.2) is 4.79 Å². The number of carbonyl (C=O) groups is 1. The molecule has 0 radical (unpaired) electrons. The molecule has 1 unspecified atom stereocenters. The molecule has 2 aromatic rings. The van der Waals surface area contributed by atoms with Crippen LogP contribution in [-0.4, -0.2) is 24.3 Å². The fourth-order valence-corrected chi connectivity index (χ4v) is 2.35. The highest BCUT2D eigenvalue weighted by Gasteiger charge is 2.16. The van der Waals surface area contributed by atoms with Crippen LogP contribution >= 0.6 is 11.6 Å². The third-order valence-electron chi connectivity index (χ3n) is 3.21. The lowest BCUT2D eigenvalue weighted by Gasteiger charge is -2.20. The summed E-state index contributed by atoms with van der Waals surface area (Å²) in [6.07, 6.45) is 0.528. The molecule has 1 atom stereocenters. The van der Waals surface area contributed by atoms with Crippen molar-refractivity contribution in [3.05, 3.63) is 70.7 Å². The summed E-state index contributed by atoms with van der Waals surface area (Å²) in [6, 6.07) is 16.6. The van der Waals surface area contributed by atoms with Gasteiger partial charge in [-0.05, 0) is 29.7 Å². The summed E-state index contributed by atoms with van der Waals surface area (Å²) in [6.45, 7) is 0.482. The Balaban J connectivity index is 2.17. The van der Waals surface area contributed by atoms with Crippen LogP contribution in [-0.2, 0) is 0 Å². The third kappa shape index (κ3) is 4.76. The minimum atomic E-state index is -0.283. The van der Waals surface area contributed by atoms with Gasteiger partial charge in [0.1, 0.15) is 0 Å². The average Bonchev–Trinajstić information content (AvgIpc) is 2.54. The van der Waals surface area contributed by atoms with Crippen molar-refractivity contribution in [3.63, 3.8) is 0 Å². The van der Waals surface area contributed by atoms with Crippen LogP contribution in [0.25, 0.3) is 0 Å². The molecule has 2 amide bonds. The van der Waals surface area contributed by atoms with Crippen LogP contribution in [0.1, 0.15) is 23.6 Å². The molecule has 0 aliphatic heterocycles. The maximum Gasteiger partial charge on any atom is 0.315 e. The van der Waals surface area contributed by atoms with Crippen LogP contribution in [0.3, 0.4) is 0 Å². The maximum atomic E-state index is 12.0. The molecule has 0 aromatic heterocycles. The van der Waals surface area contributed by atoms with Crippen molar-refractivity contribution in [1.29, 1.82) is 0 Å². The van der Waals surface area contributed by atoms with Crippen LogP contribution in [0.5, 0.6) is 0 Å². The highest BCUT2D eigenvalue weighted by molar-refractivity contribution is 6.30. The van der Waals surface area contributed by atoms with E-state index in [4.69, 9.17) is 16.7 Å². The third-order valence-corrected chi connectivity index (χ3v) is 3.45. The van der Waals surface area contributed by atoms with E-state index in [9.17, 15) is 4.79 Å². The van der Waals surface area contributed by atoms with E-state index in [1.807, 2.05) is 48.5 Å². The van der Waals surface area contributed by atoms with Gasteiger partial charge in [-0.1, -0.05) is 54.1 Å². The lowest BCUT2D eigenvalue weighted by Crippen LogP contribution is -2.39. The minimum Gasteiger partial charge on any atom is -0.396 e. The molecule has 116 valence electrons. The Morgan fingerprint density at radius 1 is 1.09 bits per heavy atom. The Bertz CT molecular complexity index is 605. The zero-order valence-corrected chi connectivity index (χ0v) is 12.9. The van der Waals surface area contributed by atoms with Gasteiger partial charge in [0.05, 0.1) is 6.04 Å². The van der Waals surface area contributed by atoms with Gasteiger partial charge in [-0.15, -0.1) is 0 Å². The number of amides is 2. The molecule has 2 aromatic carbocycles. The highest BCUT2D eigenvalue weighted by Crippen LogP contribution is 2.24. The van der Waals surface area contributed by atoms with Gasteiger partial charge in [0, 0.05) is 18.2 Å². The molecule has 4 nitrogen and oxygen atoms in total. The molecule has 3 N–H and O–H groups in total. The van der Waals surface area contributed by atoms with E-state index in [1.165, 1.54) is 0 Å². The molecule has 0 heterocycles. The summed E-state index contributed by atoms with van der Waals surface area (Å²) in [5.74, 6) is 0. The number of urea groups is 1. The predicted molar refractivity (Wildman–Crippen MR) is 88.0 cm³/mol. The summed E-state index contributed by atoms with van der Waals surface area (Å²) in [5.41, 5.74) is 1.89. The van der Waals surface area contributed by atoms with E-state index in [0.717, 1.165) is 11.1 Å². The smallest absolute Gasteiger partial charge is 0.315 e. The highest BCUT2D eigenvalue weighted by atomic mass is 35.5. The number of benzene rings is 2. The number of rotatable bonds is 6. The monoisotopic (exact) mass is 318 g/mol. The normalized spacial score (nSPS) is 11.7. The molecule has 0 spiro atoms. The summed E-state index contributed by atoms with van der Waals surface area (Å²) in [4.78, 5) is 12.0. The molecular weight excluding hydrogens is 300 g/mol. The van der Waals surface area contributed by atoms with Crippen LogP contribution < -0.4 is 10.6 Å². The minimum absolute atomic E-state index is 0.0523. The van der Waals surface area contributed by atoms with Crippen molar-refractivity contribution in [2.45, 2.75) is 12.5 Å². The summed E-state index contributed by atoms with van der Waals surface area (Å²) in [7, 11) is 0. The molecular formula is C17H19ClN2O2. The number of hydrogen-bond acceptors (Lipinski definition) is 2. The first-order valence-corrected chi connectivity index (χ1v) is 7.54. The van der Waals surface area contributed by atoms with E-state index in [1.54, 1.807) is 6.07 Å². The Hall–Kier alpha value is -2.04. The van der Waals surface area contributed by atoms with Gasteiger partial charge in [0.15, 0.2) is 0 Å². The Kier molecular flexibility index (Phi) is 6.25. The summed E-state index contributed by atoms with van der Waals surface area (Å²) >= 11 is 6.06. The molecule has 0 saturated carbocycles. The topological polar surface area (TPSA) is 61.4 Å². The first kappa shape index (κ1) is 16.3. The molecule has 2 rings (SSSR count). The molecule has 0 aliphatic carbocycles. The second-order valence-electron chi connectivity index (χ2n) is 4.88. The van der Waals surface area contributed by atoms with E-state index in [2.05, 4.69) is 10.6 Å². The zero-order chi connectivity index (χ0) is 15.8. The fraction of sp³-hybridized carbons (Fsp3) is 0.235. The van der Waals surface area contributed by atoms with Crippen LogP contribution in [0.2, 0.25) is 5.02 Å². The lowest BCUT2D eigenvalue weighted by atomic mass is 9.99. The van der Waals surface area contributed by atoms with Crippen molar-refractivity contribution < 1.29 is 9.90 Å². The number of hydrogen-bond donors (Lipinski definition) is 3. The first-order chi connectivity index (χ1) is 10.7. The van der Waals surface area contributed by atoms with Crippen molar-refractivity contribution >= 4 is 17.6 Å². The quantitative estimate of drug-likeness (QED) is 0.717. The van der Waals surface area contributed by atoms with Crippen LogP contribution in [0, 0.1) is 0 Å². The van der Waals surface area contributed by atoms with Crippen molar-refractivity contribution in [2.75, 3.05) is 13.2 Å². The van der Waals surface area contributed by atoms with Crippen molar-refractivity contribution in [1.82, 2.24) is 10.6 Å². The molecule has 22 heavy (non-hydrogen) atoms. The van der Waals surface area contributed by atoms with E-state index in [0.29, 0.717) is 18.0 Å². The molecule has 0 saturated heterocycles. The Morgan fingerprint density at radius 3 is 2.50 bits per heavy atom. The van der Waals surface area contributed by atoms with Gasteiger partial charge in [0.25, 0.3) is 0 Å². The Labute approximate surface area is 135 Å². The fourth-order valence-electron chi connectivity index (χ4n) is 2.15. The molecule has 0 fully saturated rings. The lowest BCUT2D eigenvalue weighted by molar-refractivity contribution is 0.236. The number of nitrogens with one attached hydrogen (secondary N) is 2. The van der Waals surface area contributed by atoms with E-state index < -0.39 is 0 Å².